The van der Waals surface area contributed by atoms with Crippen LogP contribution >= 0.6 is 0 Å². The summed E-state index contributed by atoms with van der Waals surface area (Å²) in [4.78, 5) is 12.3. The summed E-state index contributed by atoms with van der Waals surface area (Å²) >= 11 is 0. The molecule has 1 aliphatic heterocycles. The summed E-state index contributed by atoms with van der Waals surface area (Å²) in [5.74, 6) is 0.448. The first-order chi connectivity index (χ1) is 9.26. The van der Waals surface area contributed by atoms with E-state index in [0.29, 0.717) is 19.6 Å². The van der Waals surface area contributed by atoms with Gasteiger partial charge in [-0.05, 0) is 12.5 Å². The molecule has 1 aliphatic rings. The van der Waals surface area contributed by atoms with Crippen molar-refractivity contribution in [3.8, 4) is 5.75 Å². The molecule has 1 heterocycles. The second kappa shape index (κ2) is 6.54. The molecule has 1 amide bonds. The molecule has 2 rings (SSSR count). The summed E-state index contributed by atoms with van der Waals surface area (Å²) < 4.78 is 10.5. The Morgan fingerprint density at radius 1 is 1.58 bits per heavy atom. The Hall–Kier alpha value is -1.59. The molecule has 0 fully saturated rings. The Morgan fingerprint density at radius 3 is 3.11 bits per heavy atom. The highest BCUT2D eigenvalue weighted by atomic mass is 16.5. The van der Waals surface area contributed by atoms with Crippen LogP contribution in [0.2, 0.25) is 0 Å². The van der Waals surface area contributed by atoms with Gasteiger partial charge < -0.3 is 19.9 Å². The van der Waals surface area contributed by atoms with Gasteiger partial charge in [0.2, 0.25) is 5.91 Å². The van der Waals surface area contributed by atoms with Crippen LogP contribution in [0.5, 0.6) is 5.75 Å². The van der Waals surface area contributed by atoms with Gasteiger partial charge in [-0.1, -0.05) is 18.2 Å². The van der Waals surface area contributed by atoms with E-state index in [1.54, 1.807) is 7.11 Å². The number of amides is 1. The van der Waals surface area contributed by atoms with Crippen LogP contribution in [-0.4, -0.2) is 44.0 Å². The molecule has 5 heteroatoms. The van der Waals surface area contributed by atoms with E-state index in [0.717, 1.165) is 11.3 Å². The van der Waals surface area contributed by atoms with Crippen molar-refractivity contribution >= 4 is 5.91 Å². The van der Waals surface area contributed by atoms with E-state index in [4.69, 9.17) is 9.47 Å². The second-order valence-electron chi connectivity index (χ2n) is 4.57. The van der Waals surface area contributed by atoms with Crippen molar-refractivity contribution in [3.05, 3.63) is 29.8 Å². The standard InChI is InChI=1S/C14H19NO4/c1-18-9-10(8-16)15-14(17)12-6-7-19-13-5-3-2-4-11(12)13/h2-5,10,12,16H,6-9H2,1H3,(H,15,17). The number of aliphatic hydroxyl groups excluding tert-OH is 1. The van der Waals surface area contributed by atoms with Crippen molar-refractivity contribution in [2.75, 3.05) is 26.9 Å². The number of fused-ring (bicyclic) bond motifs is 1. The maximum atomic E-state index is 12.3. The predicted molar refractivity (Wildman–Crippen MR) is 70.2 cm³/mol. The quantitative estimate of drug-likeness (QED) is 0.821. The number of carbonyl (C=O) groups excluding carboxylic acids is 1. The summed E-state index contributed by atoms with van der Waals surface area (Å²) in [6.45, 7) is 0.695. The number of carbonyl (C=O) groups is 1. The number of hydrogen-bond acceptors (Lipinski definition) is 4. The van der Waals surface area contributed by atoms with Crippen molar-refractivity contribution in [2.24, 2.45) is 0 Å². The van der Waals surface area contributed by atoms with Gasteiger partial charge in [0, 0.05) is 12.7 Å². The molecule has 0 saturated heterocycles. The van der Waals surface area contributed by atoms with Gasteiger partial charge in [0.15, 0.2) is 0 Å². The third-order valence-corrected chi connectivity index (χ3v) is 3.21. The van der Waals surface area contributed by atoms with Gasteiger partial charge in [-0.3, -0.25) is 4.79 Å². The average molecular weight is 265 g/mol. The molecule has 2 unspecified atom stereocenters. The highest BCUT2D eigenvalue weighted by Gasteiger charge is 2.28. The molecular weight excluding hydrogens is 246 g/mol. The minimum absolute atomic E-state index is 0.0909. The molecule has 5 nitrogen and oxygen atoms in total. The van der Waals surface area contributed by atoms with E-state index < -0.39 is 0 Å². The fourth-order valence-electron chi connectivity index (χ4n) is 2.26. The highest BCUT2D eigenvalue weighted by molar-refractivity contribution is 5.85. The zero-order chi connectivity index (χ0) is 13.7. The third kappa shape index (κ3) is 3.24. The van der Waals surface area contributed by atoms with Gasteiger partial charge in [-0.2, -0.15) is 0 Å². The van der Waals surface area contributed by atoms with E-state index in [-0.39, 0.29) is 24.5 Å². The SMILES string of the molecule is COCC(CO)NC(=O)C1CCOc2ccccc21. The number of hydrogen-bond donors (Lipinski definition) is 2. The molecule has 0 aromatic heterocycles. The number of para-hydroxylation sites is 1. The zero-order valence-electron chi connectivity index (χ0n) is 11.0. The van der Waals surface area contributed by atoms with E-state index in [1.807, 2.05) is 24.3 Å². The van der Waals surface area contributed by atoms with Crippen LogP contribution < -0.4 is 10.1 Å². The number of rotatable bonds is 5. The molecule has 0 radical (unpaired) electrons. The molecule has 0 saturated carbocycles. The summed E-state index contributed by atoms with van der Waals surface area (Å²) in [6, 6.07) is 7.19. The Kier molecular flexibility index (Phi) is 4.76. The van der Waals surface area contributed by atoms with Gasteiger partial charge >= 0.3 is 0 Å². The Bertz CT molecular complexity index is 435. The van der Waals surface area contributed by atoms with E-state index >= 15 is 0 Å². The summed E-state index contributed by atoms with van der Waals surface area (Å²) in [5, 5.41) is 12.0. The third-order valence-electron chi connectivity index (χ3n) is 3.21. The largest absolute Gasteiger partial charge is 0.493 e. The van der Waals surface area contributed by atoms with Crippen molar-refractivity contribution < 1.29 is 19.4 Å². The highest BCUT2D eigenvalue weighted by Crippen LogP contribution is 2.33. The molecule has 0 aliphatic carbocycles. The molecule has 2 N–H and O–H groups in total. The molecule has 2 atom stereocenters. The van der Waals surface area contributed by atoms with Crippen LogP contribution in [0, 0.1) is 0 Å². The van der Waals surface area contributed by atoms with Crippen LogP contribution in [0.25, 0.3) is 0 Å². The average Bonchev–Trinajstić information content (AvgIpc) is 2.46. The molecular formula is C14H19NO4. The summed E-state index contributed by atoms with van der Waals surface area (Å²) in [6.07, 6.45) is 0.647. The molecule has 0 spiro atoms. The van der Waals surface area contributed by atoms with Gasteiger partial charge in [0.05, 0.1) is 31.8 Å². The van der Waals surface area contributed by atoms with E-state index in [9.17, 15) is 9.90 Å². The van der Waals surface area contributed by atoms with Crippen molar-refractivity contribution in [1.82, 2.24) is 5.32 Å². The van der Waals surface area contributed by atoms with Gasteiger partial charge in [-0.25, -0.2) is 0 Å². The lowest BCUT2D eigenvalue weighted by Crippen LogP contribution is -2.43. The Morgan fingerprint density at radius 2 is 2.37 bits per heavy atom. The monoisotopic (exact) mass is 265 g/mol. The van der Waals surface area contributed by atoms with Crippen molar-refractivity contribution in [2.45, 2.75) is 18.4 Å². The minimum atomic E-state index is -0.368. The van der Waals surface area contributed by atoms with Crippen molar-refractivity contribution in [1.29, 1.82) is 0 Å². The maximum Gasteiger partial charge on any atom is 0.228 e. The van der Waals surface area contributed by atoms with Crippen LogP contribution in [-0.2, 0) is 9.53 Å². The molecule has 19 heavy (non-hydrogen) atoms. The predicted octanol–water partition coefficient (Wildman–Crippen LogP) is 0.676. The maximum absolute atomic E-state index is 12.3. The lowest BCUT2D eigenvalue weighted by Gasteiger charge is -2.26. The first kappa shape index (κ1) is 13.8. The van der Waals surface area contributed by atoms with Gasteiger partial charge in [-0.15, -0.1) is 0 Å². The first-order valence-corrected chi connectivity index (χ1v) is 6.38. The fraction of sp³-hybridized carbons (Fsp3) is 0.500. The minimum Gasteiger partial charge on any atom is -0.493 e. The van der Waals surface area contributed by atoms with Crippen LogP contribution in [0.15, 0.2) is 24.3 Å². The number of benzene rings is 1. The van der Waals surface area contributed by atoms with Crippen LogP contribution in [0.4, 0.5) is 0 Å². The number of aliphatic hydroxyl groups is 1. The van der Waals surface area contributed by atoms with Crippen LogP contribution in [0.3, 0.4) is 0 Å². The Balaban J connectivity index is 2.08. The molecule has 1 aromatic carbocycles. The fourth-order valence-corrected chi connectivity index (χ4v) is 2.26. The smallest absolute Gasteiger partial charge is 0.228 e. The van der Waals surface area contributed by atoms with Crippen LogP contribution in [0.1, 0.15) is 17.9 Å². The summed E-state index contributed by atoms with van der Waals surface area (Å²) in [7, 11) is 1.54. The second-order valence-corrected chi connectivity index (χ2v) is 4.57. The van der Waals surface area contributed by atoms with E-state index in [2.05, 4.69) is 5.32 Å². The van der Waals surface area contributed by atoms with Crippen molar-refractivity contribution in [3.63, 3.8) is 0 Å². The first-order valence-electron chi connectivity index (χ1n) is 6.38. The molecule has 0 bridgehead atoms. The number of ether oxygens (including phenoxy) is 2. The van der Waals surface area contributed by atoms with Gasteiger partial charge in [0.25, 0.3) is 0 Å². The lowest BCUT2D eigenvalue weighted by atomic mass is 9.92. The Labute approximate surface area is 112 Å². The van der Waals surface area contributed by atoms with E-state index in [1.165, 1.54) is 0 Å². The molecule has 104 valence electrons. The normalized spacial score (nSPS) is 19.2. The number of nitrogens with one attached hydrogen (secondary N) is 1. The lowest BCUT2D eigenvalue weighted by molar-refractivity contribution is -0.124. The zero-order valence-corrected chi connectivity index (χ0v) is 11.0. The topological polar surface area (TPSA) is 67.8 Å². The van der Waals surface area contributed by atoms with Gasteiger partial charge in [0.1, 0.15) is 5.75 Å². The summed E-state index contributed by atoms with van der Waals surface area (Å²) in [5.41, 5.74) is 0.903. The number of methoxy groups -OCH3 is 1. The molecule has 1 aromatic rings.